The largest absolute Gasteiger partial charge is 0.508 e. The fraction of sp³-hybridized carbons (Fsp3) is 0.0667. The first-order chi connectivity index (χ1) is 11.2. The van der Waals surface area contributed by atoms with Gasteiger partial charge in [0, 0.05) is 11.4 Å². The van der Waals surface area contributed by atoms with Crippen LogP contribution >= 0.6 is 11.6 Å². The van der Waals surface area contributed by atoms with Crippen molar-refractivity contribution in [1.29, 1.82) is 0 Å². The van der Waals surface area contributed by atoms with Gasteiger partial charge < -0.3 is 15.7 Å². The molecule has 0 bridgehead atoms. The molecule has 0 atom stereocenters. The van der Waals surface area contributed by atoms with Gasteiger partial charge in [-0.3, -0.25) is 9.59 Å². The molecule has 2 aromatic carbocycles. The summed E-state index contributed by atoms with van der Waals surface area (Å²) in [6.07, 6.45) is -4.69. The Morgan fingerprint density at radius 1 is 0.917 bits per heavy atom. The zero-order valence-corrected chi connectivity index (χ0v) is 12.6. The minimum Gasteiger partial charge on any atom is -0.508 e. The second-order valence-corrected chi connectivity index (χ2v) is 5.05. The molecule has 0 aliphatic rings. The average Bonchev–Trinajstić information content (AvgIpc) is 2.50. The number of hydrogen-bond acceptors (Lipinski definition) is 3. The molecule has 2 aromatic rings. The van der Waals surface area contributed by atoms with Crippen molar-refractivity contribution in [3.8, 4) is 5.75 Å². The number of rotatable bonds is 2. The zero-order chi connectivity index (χ0) is 17.9. The number of alkyl halides is 3. The van der Waals surface area contributed by atoms with Gasteiger partial charge in [0.15, 0.2) is 0 Å². The van der Waals surface area contributed by atoms with E-state index in [2.05, 4.69) is 10.6 Å². The Hall–Kier alpha value is -2.74. The standard InChI is InChI=1S/C15H10ClF3N2O3/c16-12-6-3-9(7-11(12)15(17,18)19)21-14(24)13(23)20-8-1-4-10(22)5-2-8/h1-7,22H,(H,20,23)(H,21,24). The minimum atomic E-state index is -4.69. The van der Waals surface area contributed by atoms with Gasteiger partial charge in [-0.05, 0) is 42.5 Å². The second kappa shape index (κ2) is 6.79. The number of benzene rings is 2. The molecule has 5 nitrogen and oxygen atoms in total. The van der Waals surface area contributed by atoms with E-state index in [1.165, 1.54) is 24.3 Å². The number of hydrogen-bond donors (Lipinski definition) is 3. The van der Waals surface area contributed by atoms with Gasteiger partial charge in [0.2, 0.25) is 0 Å². The lowest BCUT2D eigenvalue weighted by molar-refractivity contribution is -0.137. The second-order valence-electron chi connectivity index (χ2n) is 4.65. The van der Waals surface area contributed by atoms with Crippen molar-refractivity contribution in [3.63, 3.8) is 0 Å². The van der Waals surface area contributed by atoms with E-state index in [-0.39, 0.29) is 17.1 Å². The maximum Gasteiger partial charge on any atom is 0.417 e. The fourth-order valence-corrected chi connectivity index (χ4v) is 1.97. The number of anilines is 2. The van der Waals surface area contributed by atoms with Crippen LogP contribution in [-0.2, 0) is 15.8 Å². The summed E-state index contributed by atoms with van der Waals surface area (Å²) in [6.45, 7) is 0. The van der Waals surface area contributed by atoms with Crippen molar-refractivity contribution < 1.29 is 27.9 Å². The van der Waals surface area contributed by atoms with Gasteiger partial charge in [-0.15, -0.1) is 0 Å². The Kier molecular flexibility index (Phi) is 4.99. The molecule has 9 heteroatoms. The number of phenolic OH excluding ortho intramolecular Hbond substituents is 1. The van der Waals surface area contributed by atoms with Crippen molar-refractivity contribution in [2.24, 2.45) is 0 Å². The summed E-state index contributed by atoms with van der Waals surface area (Å²) in [7, 11) is 0. The highest BCUT2D eigenvalue weighted by atomic mass is 35.5. The Morgan fingerprint density at radius 3 is 1.96 bits per heavy atom. The highest BCUT2D eigenvalue weighted by molar-refractivity contribution is 6.43. The van der Waals surface area contributed by atoms with Crippen LogP contribution in [0.2, 0.25) is 5.02 Å². The Bertz CT molecular complexity index is 777. The van der Waals surface area contributed by atoms with Crippen molar-refractivity contribution in [1.82, 2.24) is 0 Å². The summed E-state index contributed by atoms with van der Waals surface area (Å²) in [5.41, 5.74) is -1.11. The van der Waals surface area contributed by atoms with Crippen LogP contribution in [0.15, 0.2) is 42.5 Å². The van der Waals surface area contributed by atoms with Gasteiger partial charge in [0.1, 0.15) is 5.75 Å². The Morgan fingerprint density at radius 2 is 1.42 bits per heavy atom. The third kappa shape index (κ3) is 4.39. The third-order valence-electron chi connectivity index (χ3n) is 2.86. The van der Waals surface area contributed by atoms with Crippen LogP contribution in [-0.4, -0.2) is 16.9 Å². The molecule has 0 heterocycles. The van der Waals surface area contributed by atoms with Crippen LogP contribution in [0.4, 0.5) is 24.5 Å². The summed E-state index contributed by atoms with van der Waals surface area (Å²) < 4.78 is 38.2. The van der Waals surface area contributed by atoms with Crippen molar-refractivity contribution in [3.05, 3.63) is 53.1 Å². The van der Waals surface area contributed by atoms with Crippen LogP contribution in [0, 0.1) is 0 Å². The first kappa shape index (κ1) is 17.6. The Balaban J connectivity index is 2.09. The van der Waals surface area contributed by atoms with Gasteiger partial charge >= 0.3 is 18.0 Å². The van der Waals surface area contributed by atoms with E-state index in [4.69, 9.17) is 16.7 Å². The SMILES string of the molecule is O=C(Nc1ccc(O)cc1)C(=O)Nc1ccc(Cl)c(C(F)(F)F)c1. The summed E-state index contributed by atoms with van der Waals surface area (Å²) in [5, 5.41) is 12.9. The van der Waals surface area contributed by atoms with Crippen LogP contribution in [0.1, 0.15) is 5.56 Å². The van der Waals surface area contributed by atoms with Crippen LogP contribution in [0.25, 0.3) is 0 Å². The average molecular weight is 359 g/mol. The third-order valence-corrected chi connectivity index (χ3v) is 3.19. The fourth-order valence-electron chi connectivity index (χ4n) is 1.74. The quantitative estimate of drug-likeness (QED) is 0.566. The predicted octanol–water partition coefficient (Wildman–Crippen LogP) is 3.64. The number of aromatic hydroxyl groups is 1. The number of amides is 2. The lowest BCUT2D eigenvalue weighted by atomic mass is 10.2. The molecule has 2 amide bonds. The van der Waals surface area contributed by atoms with Crippen molar-refractivity contribution >= 4 is 34.8 Å². The molecular weight excluding hydrogens is 349 g/mol. The predicted molar refractivity (Wildman–Crippen MR) is 81.8 cm³/mol. The molecule has 0 saturated carbocycles. The van der Waals surface area contributed by atoms with Crippen molar-refractivity contribution in [2.45, 2.75) is 6.18 Å². The normalized spacial score (nSPS) is 11.0. The molecule has 0 aromatic heterocycles. The lowest BCUT2D eigenvalue weighted by Gasteiger charge is -2.11. The minimum absolute atomic E-state index is 0.0294. The molecule has 0 fully saturated rings. The van der Waals surface area contributed by atoms with Gasteiger partial charge in [0.25, 0.3) is 0 Å². The molecule has 126 valence electrons. The lowest BCUT2D eigenvalue weighted by Crippen LogP contribution is -2.29. The van der Waals surface area contributed by atoms with Crippen LogP contribution in [0.3, 0.4) is 0 Å². The van der Waals surface area contributed by atoms with Crippen molar-refractivity contribution in [2.75, 3.05) is 10.6 Å². The number of phenols is 1. The number of halogens is 4. The molecular formula is C15H10ClF3N2O3. The summed E-state index contributed by atoms with van der Waals surface area (Å²) in [6, 6.07) is 8.04. The summed E-state index contributed by atoms with van der Waals surface area (Å²) >= 11 is 5.47. The molecule has 0 spiro atoms. The van der Waals surface area contributed by atoms with Gasteiger partial charge in [0.05, 0.1) is 10.6 Å². The number of nitrogens with one attached hydrogen (secondary N) is 2. The first-order valence-electron chi connectivity index (χ1n) is 6.45. The number of carbonyl (C=O) groups is 2. The summed E-state index contributed by atoms with van der Waals surface area (Å²) in [4.78, 5) is 23.5. The van der Waals surface area contributed by atoms with E-state index in [1.807, 2.05) is 0 Å². The van der Waals surface area contributed by atoms with E-state index in [9.17, 15) is 22.8 Å². The topological polar surface area (TPSA) is 78.4 Å². The van der Waals surface area contributed by atoms with E-state index in [0.29, 0.717) is 6.07 Å². The molecule has 3 N–H and O–H groups in total. The van der Waals surface area contributed by atoms with Gasteiger partial charge in [-0.25, -0.2) is 0 Å². The first-order valence-corrected chi connectivity index (χ1v) is 6.83. The molecule has 0 aliphatic carbocycles. The van der Waals surface area contributed by atoms with E-state index in [1.54, 1.807) is 0 Å². The molecule has 24 heavy (non-hydrogen) atoms. The van der Waals surface area contributed by atoms with E-state index in [0.717, 1.165) is 12.1 Å². The smallest absolute Gasteiger partial charge is 0.417 e. The van der Waals surface area contributed by atoms with E-state index >= 15 is 0 Å². The molecule has 0 aliphatic heterocycles. The monoisotopic (exact) mass is 358 g/mol. The molecule has 0 radical (unpaired) electrons. The molecule has 0 saturated heterocycles. The van der Waals surface area contributed by atoms with E-state index < -0.39 is 28.6 Å². The number of carbonyl (C=O) groups excluding carboxylic acids is 2. The van der Waals surface area contributed by atoms with Crippen LogP contribution < -0.4 is 10.6 Å². The highest BCUT2D eigenvalue weighted by Crippen LogP contribution is 2.36. The highest BCUT2D eigenvalue weighted by Gasteiger charge is 2.33. The molecule has 2 rings (SSSR count). The maximum absolute atomic E-state index is 12.7. The van der Waals surface area contributed by atoms with Gasteiger partial charge in [-0.1, -0.05) is 11.6 Å². The zero-order valence-electron chi connectivity index (χ0n) is 11.8. The van der Waals surface area contributed by atoms with Gasteiger partial charge in [-0.2, -0.15) is 13.2 Å². The Labute approximate surface area is 139 Å². The summed E-state index contributed by atoms with van der Waals surface area (Å²) in [5.74, 6) is -2.26. The maximum atomic E-state index is 12.7. The molecule has 0 unspecified atom stereocenters. The van der Waals surface area contributed by atoms with Crippen LogP contribution in [0.5, 0.6) is 5.75 Å².